The summed E-state index contributed by atoms with van der Waals surface area (Å²) < 4.78 is 38.4. The monoisotopic (exact) mass is 290 g/mol. The molecule has 0 aliphatic rings. The zero-order valence-electron chi connectivity index (χ0n) is 9.96. The molecule has 102 valence electrons. The highest BCUT2D eigenvalue weighted by atomic mass is 35.5. The molecule has 0 unspecified atom stereocenters. The van der Waals surface area contributed by atoms with E-state index in [1.54, 1.807) is 25.1 Å². The molecule has 0 atom stereocenters. The molecule has 2 rings (SSSR count). The molecule has 1 aromatic carbocycles. The highest BCUT2D eigenvalue weighted by Crippen LogP contribution is 2.26. The first-order valence-electron chi connectivity index (χ1n) is 5.58. The van der Waals surface area contributed by atoms with Gasteiger partial charge in [-0.15, -0.1) is 0 Å². The third-order valence-electron chi connectivity index (χ3n) is 2.75. The molecular formula is C12H10ClF3N2O. The van der Waals surface area contributed by atoms with Crippen molar-refractivity contribution in [2.24, 2.45) is 0 Å². The van der Waals surface area contributed by atoms with Gasteiger partial charge >= 0.3 is 6.18 Å². The lowest BCUT2D eigenvalue weighted by molar-refractivity contribution is -0.170. The second-order valence-corrected chi connectivity index (χ2v) is 4.38. The summed E-state index contributed by atoms with van der Waals surface area (Å²) in [4.78, 5) is 15.1. The number of ketones is 1. The van der Waals surface area contributed by atoms with E-state index in [-0.39, 0.29) is 5.82 Å². The highest BCUT2D eigenvalue weighted by Gasteiger charge is 2.38. The molecule has 0 bridgehead atoms. The fraction of sp³-hybridized carbons (Fsp3) is 0.333. The largest absolute Gasteiger partial charge is 0.450 e. The van der Waals surface area contributed by atoms with Gasteiger partial charge in [-0.2, -0.15) is 13.2 Å². The molecule has 0 fully saturated rings. The predicted molar refractivity (Wildman–Crippen MR) is 65.2 cm³/mol. The second-order valence-electron chi connectivity index (χ2n) is 3.98. The summed E-state index contributed by atoms with van der Waals surface area (Å²) in [5.41, 5.74) is 1.04. The Hall–Kier alpha value is -1.56. The smallest absolute Gasteiger partial charge is 0.327 e. The van der Waals surface area contributed by atoms with Crippen LogP contribution in [0.25, 0.3) is 11.0 Å². The molecule has 0 saturated heterocycles. The van der Waals surface area contributed by atoms with E-state index in [2.05, 4.69) is 4.98 Å². The molecule has 0 amide bonds. The first kappa shape index (κ1) is 13.9. The molecule has 0 spiro atoms. The molecule has 0 aliphatic heterocycles. The number of hydrogen-bond donors (Lipinski definition) is 0. The number of carbonyl (C=O) groups is 1. The standard InChI is InChI=1S/C12H10ClF3N2O/c1-2-18-10(6-9(19)12(14,15)16)17-8-5-3-4-7(13)11(8)18/h3-5H,2,6H2,1H3. The Bertz CT molecular complexity index is 634. The maximum Gasteiger partial charge on any atom is 0.450 e. The van der Waals surface area contributed by atoms with Gasteiger partial charge in [0.15, 0.2) is 0 Å². The van der Waals surface area contributed by atoms with Gasteiger partial charge in [-0.05, 0) is 19.1 Å². The Morgan fingerprint density at radius 2 is 2.11 bits per heavy atom. The van der Waals surface area contributed by atoms with Crippen LogP contribution < -0.4 is 0 Å². The van der Waals surface area contributed by atoms with Gasteiger partial charge < -0.3 is 4.57 Å². The molecule has 2 aromatic rings. The van der Waals surface area contributed by atoms with Crippen molar-refractivity contribution in [2.75, 3.05) is 0 Å². The first-order chi connectivity index (χ1) is 8.84. The SMILES string of the molecule is CCn1c(CC(=O)C(F)(F)F)nc2cccc(Cl)c21. The molecule has 7 heteroatoms. The highest BCUT2D eigenvalue weighted by molar-refractivity contribution is 6.35. The third-order valence-corrected chi connectivity index (χ3v) is 3.05. The molecule has 0 saturated carbocycles. The summed E-state index contributed by atoms with van der Waals surface area (Å²) in [6.07, 6.45) is -5.62. The minimum atomic E-state index is -4.85. The topological polar surface area (TPSA) is 34.9 Å². The molecule has 0 radical (unpaired) electrons. The van der Waals surface area contributed by atoms with Crippen LogP contribution in [-0.4, -0.2) is 21.5 Å². The van der Waals surface area contributed by atoms with Gasteiger partial charge in [-0.3, -0.25) is 4.79 Å². The van der Waals surface area contributed by atoms with E-state index in [4.69, 9.17) is 11.6 Å². The Morgan fingerprint density at radius 3 is 2.68 bits per heavy atom. The molecule has 0 aliphatic carbocycles. The number of rotatable bonds is 3. The number of aromatic nitrogens is 2. The van der Waals surface area contributed by atoms with Gasteiger partial charge in [0.1, 0.15) is 5.82 Å². The maximum atomic E-state index is 12.3. The summed E-state index contributed by atoms with van der Waals surface area (Å²) in [6.45, 7) is 2.15. The average Bonchev–Trinajstić information content (AvgIpc) is 2.66. The van der Waals surface area contributed by atoms with Crippen molar-refractivity contribution in [3.8, 4) is 0 Å². The van der Waals surface area contributed by atoms with E-state index in [1.165, 1.54) is 4.57 Å². The number of benzene rings is 1. The van der Waals surface area contributed by atoms with E-state index < -0.39 is 18.4 Å². The summed E-state index contributed by atoms with van der Waals surface area (Å²) in [5, 5.41) is 0.401. The summed E-state index contributed by atoms with van der Waals surface area (Å²) in [5.74, 6) is -1.73. The Balaban J connectivity index is 2.50. The van der Waals surface area contributed by atoms with Gasteiger partial charge in [0.2, 0.25) is 5.78 Å². The molecule has 3 nitrogen and oxygen atoms in total. The van der Waals surface area contributed by atoms with Crippen molar-refractivity contribution in [2.45, 2.75) is 26.1 Å². The van der Waals surface area contributed by atoms with Gasteiger partial charge in [-0.1, -0.05) is 17.7 Å². The van der Waals surface area contributed by atoms with Crippen LogP contribution in [0.4, 0.5) is 13.2 Å². The van der Waals surface area contributed by atoms with Gasteiger partial charge in [0.25, 0.3) is 0 Å². The Morgan fingerprint density at radius 1 is 1.42 bits per heavy atom. The molecule has 0 N–H and O–H groups in total. The molecule has 19 heavy (non-hydrogen) atoms. The summed E-state index contributed by atoms with van der Waals surface area (Å²) in [6, 6.07) is 4.94. The fourth-order valence-electron chi connectivity index (χ4n) is 1.91. The van der Waals surface area contributed by atoms with Crippen molar-refractivity contribution in [1.82, 2.24) is 9.55 Å². The maximum absolute atomic E-state index is 12.3. The number of alkyl halides is 3. The van der Waals surface area contributed by atoms with Crippen molar-refractivity contribution in [3.63, 3.8) is 0 Å². The van der Waals surface area contributed by atoms with Crippen LogP contribution >= 0.6 is 11.6 Å². The summed E-state index contributed by atoms with van der Waals surface area (Å²) in [7, 11) is 0. The number of aryl methyl sites for hydroxylation is 1. The normalized spacial score (nSPS) is 12.1. The molecule has 1 heterocycles. The van der Waals surface area contributed by atoms with Crippen LogP contribution in [0.15, 0.2) is 18.2 Å². The predicted octanol–water partition coefficient (Wildman–Crippen LogP) is 3.38. The van der Waals surface area contributed by atoms with Gasteiger partial charge in [0.05, 0.1) is 22.5 Å². The third kappa shape index (κ3) is 2.58. The first-order valence-corrected chi connectivity index (χ1v) is 5.96. The van der Waals surface area contributed by atoms with E-state index in [9.17, 15) is 18.0 Å². The zero-order valence-corrected chi connectivity index (χ0v) is 10.7. The van der Waals surface area contributed by atoms with Crippen molar-refractivity contribution in [3.05, 3.63) is 29.0 Å². The van der Waals surface area contributed by atoms with Crippen LogP contribution in [0.1, 0.15) is 12.7 Å². The van der Waals surface area contributed by atoms with Crippen molar-refractivity contribution in [1.29, 1.82) is 0 Å². The number of Topliss-reactive ketones (excluding diaryl/α,β-unsaturated/α-hetero) is 1. The van der Waals surface area contributed by atoms with E-state index in [0.29, 0.717) is 22.6 Å². The number of para-hydroxylation sites is 1. The van der Waals surface area contributed by atoms with Crippen LogP contribution in [-0.2, 0) is 17.8 Å². The lowest BCUT2D eigenvalue weighted by Gasteiger charge is -2.07. The van der Waals surface area contributed by atoms with E-state index >= 15 is 0 Å². The van der Waals surface area contributed by atoms with Gasteiger partial charge in [-0.25, -0.2) is 4.98 Å². The van der Waals surface area contributed by atoms with Crippen LogP contribution in [0, 0.1) is 0 Å². The minimum Gasteiger partial charge on any atom is -0.327 e. The molecule has 1 aromatic heterocycles. The van der Waals surface area contributed by atoms with E-state index in [0.717, 1.165) is 0 Å². The lowest BCUT2D eigenvalue weighted by Crippen LogP contribution is -2.26. The summed E-state index contributed by atoms with van der Waals surface area (Å²) >= 11 is 6.01. The fourth-order valence-corrected chi connectivity index (χ4v) is 2.18. The zero-order chi connectivity index (χ0) is 14.2. The molecular weight excluding hydrogens is 281 g/mol. The van der Waals surface area contributed by atoms with E-state index in [1.807, 2.05) is 0 Å². The average molecular weight is 291 g/mol. The number of carbonyl (C=O) groups excluding carboxylic acids is 1. The van der Waals surface area contributed by atoms with Crippen LogP contribution in [0.2, 0.25) is 5.02 Å². The lowest BCUT2D eigenvalue weighted by atomic mass is 10.2. The van der Waals surface area contributed by atoms with Crippen molar-refractivity contribution < 1.29 is 18.0 Å². The minimum absolute atomic E-state index is 0.0768. The Kier molecular flexibility index (Phi) is 3.54. The number of imidazole rings is 1. The van der Waals surface area contributed by atoms with Crippen LogP contribution in [0.5, 0.6) is 0 Å². The number of halogens is 4. The number of fused-ring (bicyclic) bond motifs is 1. The van der Waals surface area contributed by atoms with Gasteiger partial charge in [0, 0.05) is 6.54 Å². The Labute approximate surface area is 112 Å². The number of hydrogen-bond acceptors (Lipinski definition) is 2. The second kappa shape index (κ2) is 4.85. The quantitative estimate of drug-likeness (QED) is 0.868. The van der Waals surface area contributed by atoms with Crippen molar-refractivity contribution >= 4 is 28.4 Å². The number of nitrogens with zero attached hydrogens (tertiary/aromatic N) is 2. The van der Waals surface area contributed by atoms with Crippen LogP contribution in [0.3, 0.4) is 0 Å².